The minimum atomic E-state index is -0.443. The first-order valence-corrected chi connectivity index (χ1v) is 10.1. The molecule has 146 valence electrons. The molecule has 7 heteroatoms. The van der Waals surface area contributed by atoms with E-state index < -0.39 is 11.8 Å². The van der Waals surface area contributed by atoms with E-state index in [1.165, 1.54) is 32.1 Å². The SMILES string of the molecule is O=C(CCC1CCCCC1)N1CCN(C(=O)C(=O)N2CCOCC2)CC1. The molecule has 7 nitrogen and oxygen atoms in total. The second kappa shape index (κ2) is 9.35. The molecule has 3 aliphatic rings. The lowest BCUT2D eigenvalue weighted by atomic mass is 9.86. The summed E-state index contributed by atoms with van der Waals surface area (Å²) in [4.78, 5) is 42.1. The molecule has 26 heavy (non-hydrogen) atoms. The van der Waals surface area contributed by atoms with Gasteiger partial charge in [-0.2, -0.15) is 0 Å². The number of ether oxygens (including phenoxy) is 1. The van der Waals surface area contributed by atoms with Crippen LogP contribution < -0.4 is 0 Å². The molecular formula is C19H31N3O4. The first-order valence-electron chi connectivity index (χ1n) is 10.1. The zero-order valence-corrected chi connectivity index (χ0v) is 15.7. The first kappa shape index (κ1) is 19.1. The predicted molar refractivity (Wildman–Crippen MR) is 96.4 cm³/mol. The summed E-state index contributed by atoms with van der Waals surface area (Å²) in [5.41, 5.74) is 0. The van der Waals surface area contributed by atoms with Crippen molar-refractivity contribution >= 4 is 17.7 Å². The second-order valence-corrected chi connectivity index (χ2v) is 7.62. The summed E-state index contributed by atoms with van der Waals surface area (Å²) < 4.78 is 5.22. The van der Waals surface area contributed by atoms with Crippen molar-refractivity contribution in [2.45, 2.75) is 44.9 Å². The Bertz CT molecular complexity index is 505. The van der Waals surface area contributed by atoms with Crippen LogP contribution in [0.1, 0.15) is 44.9 Å². The molecule has 0 aromatic carbocycles. The summed E-state index contributed by atoms with van der Waals surface area (Å²) in [7, 11) is 0. The van der Waals surface area contributed by atoms with Crippen LogP contribution in [-0.2, 0) is 19.1 Å². The van der Waals surface area contributed by atoms with Crippen molar-refractivity contribution < 1.29 is 19.1 Å². The highest BCUT2D eigenvalue weighted by atomic mass is 16.5. The van der Waals surface area contributed by atoms with Crippen LogP contribution in [0.2, 0.25) is 0 Å². The molecule has 1 saturated carbocycles. The van der Waals surface area contributed by atoms with Gasteiger partial charge in [0.2, 0.25) is 5.91 Å². The first-order chi connectivity index (χ1) is 12.6. The monoisotopic (exact) mass is 365 g/mol. The normalized spacial score (nSPS) is 22.4. The van der Waals surface area contributed by atoms with Crippen LogP contribution in [0.5, 0.6) is 0 Å². The Morgan fingerprint density at radius 3 is 1.88 bits per heavy atom. The molecule has 1 aliphatic carbocycles. The number of piperazine rings is 1. The van der Waals surface area contributed by atoms with Gasteiger partial charge in [-0.05, 0) is 12.3 Å². The lowest BCUT2D eigenvalue weighted by molar-refractivity contribution is -0.155. The van der Waals surface area contributed by atoms with Gasteiger partial charge in [0.05, 0.1) is 13.2 Å². The highest BCUT2D eigenvalue weighted by Gasteiger charge is 2.31. The van der Waals surface area contributed by atoms with Gasteiger partial charge < -0.3 is 19.4 Å². The molecule has 3 amide bonds. The Kier molecular flexibility index (Phi) is 6.88. The molecule has 3 rings (SSSR count). The molecule has 0 bridgehead atoms. The van der Waals surface area contributed by atoms with Crippen molar-refractivity contribution in [1.82, 2.24) is 14.7 Å². The average Bonchev–Trinajstić information content (AvgIpc) is 2.72. The van der Waals surface area contributed by atoms with E-state index in [1.807, 2.05) is 4.90 Å². The molecule has 2 aliphatic heterocycles. The van der Waals surface area contributed by atoms with Crippen molar-refractivity contribution in [2.24, 2.45) is 5.92 Å². The number of nitrogens with zero attached hydrogens (tertiary/aromatic N) is 3. The zero-order valence-electron chi connectivity index (χ0n) is 15.7. The van der Waals surface area contributed by atoms with Gasteiger partial charge in [0, 0.05) is 45.7 Å². The number of hydrogen-bond donors (Lipinski definition) is 0. The Morgan fingerprint density at radius 1 is 0.731 bits per heavy atom. The van der Waals surface area contributed by atoms with Gasteiger partial charge in [-0.15, -0.1) is 0 Å². The fourth-order valence-electron chi connectivity index (χ4n) is 4.16. The molecule has 0 atom stereocenters. The van der Waals surface area contributed by atoms with Crippen molar-refractivity contribution in [2.75, 3.05) is 52.5 Å². The fraction of sp³-hybridized carbons (Fsp3) is 0.842. The van der Waals surface area contributed by atoms with Gasteiger partial charge in [-0.1, -0.05) is 32.1 Å². The van der Waals surface area contributed by atoms with E-state index in [0.717, 1.165) is 6.42 Å². The van der Waals surface area contributed by atoms with Crippen molar-refractivity contribution in [3.63, 3.8) is 0 Å². The van der Waals surface area contributed by atoms with Gasteiger partial charge in [0.1, 0.15) is 0 Å². The molecule has 2 saturated heterocycles. The van der Waals surface area contributed by atoms with Gasteiger partial charge in [0.25, 0.3) is 0 Å². The minimum absolute atomic E-state index is 0.196. The lowest BCUT2D eigenvalue weighted by Crippen LogP contribution is -2.55. The average molecular weight is 365 g/mol. The lowest BCUT2D eigenvalue weighted by Gasteiger charge is -2.36. The molecule has 0 aromatic heterocycles. The summed E-state index contributed by atoms with van der Waals surface area (Å²) in [6.45, 7) is 3.89. The maximum atomic E-state index is 12.4. The molecule has 0 unspecified atom stereocenters. The van der Waals surface area contributed by atoms with E-state index in [0.29, 0.717) is 64.8 Å². The summed E-state index contributed by atoms with van der Waals surface area (Å²) in [5, 5.41) is 0. The number of hydrogen-bond acceptors (Lipinski definition) is 4. The quantitative estimate of drug-likeness (QED) is 0.696. The van der Waals surface area contributed by atoms with E-state index in [2.05, 4.69) is 0 Å². The zero-order chi connectivity index (χ0) is 18.4. The van der Waals surface area contributed by atoms with Crippen LogP contribution >= 0.6 is 0 Å². The van der Waals surface area contributed by atoms with Crippen LogP contribution in [0.15, 0.2) is 0 Å². The highest BCUT2D eigenvalue weighted by molar-refractivity contribution is 6.34. The van der Waals surface area contributed by atoms with Gasteiger partial charge in [-0.3, -0.25) is 14.4 Å². The van der Waals surface area contributed by atoms with Crippen molar-refractivity contribution in [3.8, 4) is 0 Å². The number of morpholine rings is 1. The van der Waals surface area contributed by atoms with E-state index in [-0.39, 0.29) is 5.91 Å². The molecule has 0 aromatic rings. The Morgan fingerprint density at radius 2 is 1.27 bits per heavy atom. The maximum Gasteiger partial charge on any atom is 0.312 e. The van der Waals surface area contributed by atoms with Gasteiger partial charge in [-0.25, -0.2) is 0 Å². The van der Waals surface area contributed by atoms with E-state index in [9.17, 15) is 14.4 Å². The number of rotatable bonds is 3. The predicted octanol–water partition coefficient (Wildman–Crippen LogP) is 0.877. The van der Waals surface area contributed by atoms with E-state index >= 15 is 0 Å². The van der Waals surface area contributed by atoms with Crippen LogP contribution in [0.4, 0.5) is 0 Å². The summed E-state index contributed by atoms with van der Waals surface area (Å²) in [5.74, 6) is 0.0236. The van der Waals surface area contributed by atoms with E-state index in [1.54, 1.807) is 9.80 Å². The summed E-state index contributed by atoms with van der Waals surface area (Å²) in [6.07, 6.45) is 8.08. The topological polar surface area (TPSA) is 70.2 Å². The van der Waals surface area contributed by atoms with E-state index in [4.69, 9.17) is 4.74 Å². The molecule has 0 N–H and O–H groups in total. The Balaban J connectivity index is 1.39. The third-order valence-electron chi connectivity index (χ3n) is 5.89. The fourth-order valence-corrected chi connectivity index (χ4v) is 4.16. The molecule has 3 fully saturated rings. The van der Waals surface area contributed by atoms with Crippen LogP contribution in [0.3, 0.4) is 0 Å². The number of amides is 3. The Hall–Kier alpha value is -1.63. The Labute approximate surface area is 155 Å². The number of carbonyl (C=O) groups is 3. The third kappa shape index (κ3) is 4.96. The highest BCUT2D eigenvalue weighted by Crippen LogP contribution is 2.27. The smallest absolute Gasteiger partial charge is 0.312 e. The largest absolute Gasteiger partial charge is 0.378 e. The van der Waals surface area contributed by atoms with Crippen molar-refractivity contribution in [3.05, 3.63) is 0 Å². The van der Waals surface area contributed by atoms with Gasteiger partial charge >= 0.3 is 11.8 Å². The second-order valence-electron chi connectivity index (χ2n) is 7.62. The van der Waals surface area contributed by atoms with Crippen LogP contribution in [-0.4, -0.2) is 84.9 Å². The third-order valence-corrected chi connectivity index (χ3v) is 5.89. The van der Waals surface area contributed by atoms with Crippen LogP contribution in [0, 0.1) is 5.92 Å². The standard InChI is InChI=1S/C19H31N3O4/c23-17(7-6-16-4-2-1-3-5-16)20-8-10-21(11-9-20)18(24)19(25)22-12-14-26-15-13-22/h16H,1-15H2. The minimum Gasteiger partial charge on any atom is -0.378 e. The maximum absolute atomic E-state index is 12.4. The summed E-state index contributed by atoms with van der Waals surface area (Å²) in [6, 6.07) is 0. The molecular weight excluding hydrogens is 334 g/mol. The molecule has 0 spiro atoms. The summed E-state index contributed by atoms with van der Waals surface area (Å²) >= 11 is 0. The molecule has 2 heterocycles. The van der Waals surface area contributed by atoms with Crippen LogP contribution in [0.25, 0.3) is 0 Å². The van der Waals surface area contributed by atoms with Crippen molar-refractivity contribution in [1.29, 1.82) is 0 Å². The van der Waals surface area contributed by atoms with Gasteiger partial charge in [0.15, 0.2) is 0 Å². The molecule has 0 radical (unpaired) electrons. The number of carbonyl (C=O) groups excluding carboxylic acids is 3.